The molecular formula is C25H22FNO4. The summed E-state index contributed by atoms with van der Waals surface area (Å²) in [5.41, 5.74) is 2.28. The van der Waals surface area contributed by atoms with Crippen LogP contribution in [0, 0.1) is 12.7 Å². The lowest BCUT2D eigenvalue weighted by molar-refractivity contribution is -0.140. The van der Waals surface area contributed by atoms with Gasteiger partial charge in [0.2, 0.25) is 0 Å². The minimum absolute atomic E-state index is 0.0657. The quantitative estimate of drug-likeness (QED) is 0.362. The van der Waals surface area contributed by atoms with E-state index in [0.29, 0.717) is 16.9 Å². The molecule has 158 valence electrons. The molecule has 1 unspecified atom stereocenters. The van der Waals surface area contributed by atoms with Crippen LogP contribution in [0.25, 0.3) is 5.76 Å². The lowest BCUT2D eigenvalue weighted by Gasteiger charge is -2.24. The van der Waals surface area contributed by atoms with Crippen molar-refractivity contribution in [2.75, 3.05) is 0 Å². The van der Waals surface area contributed by atoms with Crippen LogP contribution in [-0.2, 0) is 22.6 Å². The Kier molecular flexibility index (Phi) is 5.46. The molecule has 0 bridgehead atoms. The third kappa shape index (κ3) is 3.77. The van der Waals surface area contributed by atoms with Crippen molar-refractivity contribution in [3.8, 4) is 0 Å². The number of benzene rings is 2. The smallest absolute Gasteiger partial charge is 0.296 e. The van der Waals surface area contributed by atoms with Crippen LogP contribution in [-0.4, -0.2) is 21.7 Å². The van der Waals surface area contributed by atoms with Gasteiger partial charge in [-0.25, -0.2) is 4.39 Å². The SMILES string of the molecule is CCc1ccc(C2/C(=C(/O)c3ccc(C)c(F)c3)C(=O)C(=O)N2Cc2ccco2)cc1. The van der Waals surface area contributed by atoms with Crippen molar-refractivity contribution in [3.63, 3.8) is 0 Å². The molecule has 0 aliphatic carbocycles. The van der Waals surface area contributed by atoms with E-state index >= 15 is 0 Å². The van der Waals surface area contributed by atoms with Gasteiger partial charge in [0, 0.05) is 5.56 Å². The summed E-state index contributed by atoms with van der Waals surface area (Å²) in [5.74, 6) is -1.94. The number of Topliss-reactive ketones (excluding diaryl/α,β-unsaturated/α-hetero) is 1. The van der Waals surface area contributed by atoms with Crippen molar-refractivity contribution in [3.05, 3.63) is 100 Å². The zero-order valence-electron chi connectivity index (χ0n) is 17.3. The van der Waals surface area contributed by atoms with Gasteiger partial charge in [-0.2, -0.15) is 0 Å². The fourth-order valence-corrected chi connectivity index (χ4v) is 3.79. The van der Waals surface area contributed by atoms with Crippen LogP contribution in [0.1, 0.15) is 41.0 Å². The van der Waals surface area contributed by atoms with Crippen LogP contribution >= 0.6 is 0 Å². The maximum absolute atomic E-state index is 14.1. The first kappa shape index (κ1) is 20.6. The van der Waals surface area contributed by atoms with E-state index in [9.17, 15) is 19.1 Å². The number of aryl methyl sites for hydroxylation is 2. The van der Waals surface area contributed by atoms with E-state index in [4.69, 9.17) is 4.42 Å². The second-order valence-electron chi connectivity index (χ2n) is 7.57. The molecule has 1 atom stereocenters. The van der Waals surface area contributed by atoms with Gasteiger partial charge in [-0.1, -0.05) is 43.3 Å². The van der Waals surface area contributed by atoms with Crippen molar-refractivity contribution in [2.45, 2.75) is 32.9 Å². The third-order valence-corrected chi connectivity index (χ3v) is 5.60. The van der Waals surface area contributed by atoms with Crippen LogP contribution in [0.2, 0.25) is 0 Å². The van der Waals surface area contributed by atoms with Crippen molar-refractivity contribution in [1.29, 1.82) is 0 Å². The van der Waals surface area contributed by atoms with Crippen molar-refractivity contribution < 1.29 is 23.5 Å². The minimum atomic E-state index is -0.819. The Labute approximate surface area is 179 Å². The molecule has 2 heterocycles. The molecule has 1 aromatic heterocycles. The zero-order chi connectivity index (χ0) is 22.1. The summed E-state index contributed by atoms with van der Waals surface area (Å²) < 4.78 is 19.5. The Morgan fingerprint density at radius 2 is 1.87 bits per heavy atom. The molecule has 0 saturated carbocycles. The summed E-state index contributed by atoms with van der Waals surface area (Å²) in [6.45, 7) is 3.71. The molecule has 31 heavy (non-hydrogen) atoms. The van der Waals surface area contributed by atoms with E-state index < -0.39 is 29.3 Å². The molecule has 1 N–H and O–H groups in total. The number of halogens is 1. The maximum Gasteiger partial charge on any atom is 0.296 e. The highest BCUT2D eigenvalue weighted by Crippen LogP contribution is 2.40. The maximum atomic E-state index is 14.1. The highest BCUT2D eigenvalue weighted by molar-refractivity contribution is 6.46. The third-order valence-electron chi connectivity index (χ3n) is 5.60. The van der Waals surface area contributed by atoms with Gasteiger partial charge in [0.1, 0.15) is 17.3 Å². The van der Waals surface area contributed by atoms with Crippen LogP contribution in [0.4, 0.5) is 4.39 Å². The molecule has 1 aliphatic heterocycles. The number of likely N-dealkylation sites (tertiary alicyclic amines) is 1. The van der Waals surface area contributed by atoms with Gasteiger partial charge in [-0.3, -0.25) is 9.59 Å². The number of nitrogens with zero attached hydrogens (tertiary/aromatic N) is 1. The summed E-state index contributed by atoms with van der Waals surface area (Å²) in [6, 6.07) is 14.3. The van der Waals surface area contributed by atoms with E-state index in [2.05, 4.69) is 0 Å². The Morgan fingerprint density at radius 1 is 1.13 bits per heavy atom. The van der Waals surface area contributed by atoms with E-state index in [1.165, 1.54) is 29.4 Å². The Morgan fingerprint density at radius 3 is 2.48 bits per heavy atom. The number of furan rings is 1. The predicted octanol–water partition coefficient (Wildman–Crippen LogP) is 4.91. The molecule has 3 aromatic rings. The molecule has 6 heteroatoms. The summed E-state index contributed by atoms with van der Waals surface area (Å²) in [4.78, 5) is 27.3. The van der Waals surface area contributed by atoms with E-state index in [1.807, 2.05) is 31.2 Å². The topological polar surface area (TPSA) is 70.8 Å². The highest BCUT2D eigenvalue weighted by atomic mass is 19.1. The van der Waals surface area contributed by atoms with Crippen LogP contribution in [0.15, 0.2) is 70.9 Å². The van der Waals surface area contributed by atoms with Crippen LogP contribution in [0.5, 0.6) is 0 Å². The van der Waals surface area contributed by atoms with Crippen LogP contribution in [0.3, 0.4) is 0 Å². The molecule has 4 rings (SSSR count). The second-order valence-corrected chi connectivity index (χ2v) is 7.57. The van der Waals surface area contributed by atoms with E-state index in [-0.39, 0.29) is 17.7 Å². The number of hydrogen-bond donors (Lipinski definition) is 1. The molecule has 1 fully saturated rings. The summed E-state index contributed by atoms with van der Waals surface area (Å²) in [7, 11) is 0. The van der Waals surface area contributed by atoms with Crippen LogP contribution < -0.4 is 0 Å². The number of amides is 1. The molecule has 5 nitrogen and oxygen atoms in total. The normalized spacial score (nSPS) is 18.0. The molecule has 1 saturated heterocycles. The van der Waals surface area contributed by atoms with Gasteiger partial charge in [-0.15, -0.1) is 0 Å². The molecule has 1 aliphatic rings. The summed E-state index contributed by atoms with van der Waals surface area (Å²) in [6.07, 6.45) is 2.33. The minimum Gasteiger partial charge on any atom is -0.507 e. The van der Waals surface area contributed by atoms with Gasteiger partial charge < -0.3 is 14.4 Å². The fourth-order valence-electron chi connectivity index (χ4n) is 3.79. The number of hydrogen-bond acceptors (Lipinski definition) is 4. The van der Waals surface area contributed by atoms with Gasteiger partial charge in [0.25, 0.3) is 11.7 Å². The van der Waals surface area contributed by atoms with E-state index in [0.717, 1.165) is 12.0 Å². The Balaban J connectivity index is 1.86. The summed E-state index contributed by atoms with van der Waals surface area (Å²) >= 11 is 0. The number of aliphatic hydroxyl groups is 1. The monoisotopic (exact) mass is 419 g/mol. The average molecular weight is 419 g/mol. The van der Waals surface area contributed by atoms with Crippen molar-refractivity contribution >= 4 is 17.4 Å². The average Bonchev–Trinajstić information content (AvgIpc) is 3.38. The number of carbonyl (C=O) groups excluding carboxylic acids is 2. The van der Waals surface area contributed by atoms with Gasteiger partial charge in [0.15, 0.2) is 0 Å². The second kappa shape index (κ2) is 8.22. The first-order valence-corrected chi connectivity index (χ1v) is 10.1. The summed E-state index contributed by atoms with van der Waals surface area (Å²) in [5, 5.41) is 11.0. The zero-order valence-corrected chi connectivity index (χ0v) is 17.3. The fraction of sp³-hybridized carbons (Fsp3) is 0.200. The van der Waals surface area contributed by atoms with Crippen molar-refractivity contribution in [2.24, 2.45) is 0 Å². The Hall–Kier alpha value is -3.67. The number of carbonyl (C=O) groups is 2. The molecule has 0 radical (unpaired) electrons. The van der Waals surface area contributed by atoms with E-state index in [1.54, 1.807) is 19.1 Å². The molecule has 2 aromatic carbocycles. The van der Waals surface area contributed by atoms with Gasteiger partial charge >= 0.3 is 0 Å². The molecule has 0 spiro atoms. The largest absolute Gasteiger partial charge is 0.507 e. The highest BCUT2D eigenvalue weighted by Gasteiger charge is 2.46. The lowest BCUT2D eigenvalue weighted by atomic mass is 9.94. The number of rotatable bonds is 5. The van der Waals surface area contributed by atoms with Gasteiger partial charge in [-0.05, 0) is 48.2 Å². The van der Waals surface area contributed by atoms with Crippen molar-refractivity contribution in [1.82, 2.24) is 4.90 Å². The molecule has 1 amide bonds. The number of ketones is 1. The first-order valence-electron chi connectivity index (χ1n) is 10.1. The lowest BCUT2D eigenvalue weighted by Crippen LogP contribution is -2.29. The first-order chi connectivity index (χ1) is 14.9. The molecular weight excluding hydrogens is 397 g/mol. The number of aliphatic hydroxyl groups excluding tert-OH is 1. The predicted molar refractivity (Wildman–Crippen MR) is 114 cm³/mol. The Bertz CT molecular complexity index is 1160. The standard InChI is InChI=1S/C25H22FNO4/c1-3-16-7-10-17(11-8-16)22-21(23(28)18-9-6-15(2)20(26)13-18)24(29)25(30)27(22)14-19-5-4-12-31-19/h4-13,22,28H,3,14H2,1-2H3/b23-21-. The van der Waals surface area contributed by atoms with Gasteiger partial charge in [0.05, 0.1) is 24.4 Å².